The lowest BCUT2D eigenvalue weighted by atomic mass is 10.1. The molecule has 0 spiro atoms. The molecule has 1 N–H and O–H groups in total. The molecule has 0 radical (unpaired) electrons. The van der Waals surface area contributed by atoms with E-state index in [0.717, 1.165) is 11.6 Å². The van der Waals surface area contributed by atoms with Crippen molar-refractivity contribution >= 4 is 11.8 Å². The predicted octanol–water partition coefficient (Wildman–Crippen LogP) is 3.00. The van der Waals surface area contributed by atoms with E-state index >= 15 is 0 Å². The molecule has 15 heavy (non-hydrogen) atoms. The fourth-order valence-corrected chi connectivity index (χ4v) is 1.84. The zero-order valence-corrected chi connectivity index (χ0v) is 11.0. The van der Waals surface area contributed by atoms with Gasteiger partial charge in [0.2, 0.25) is 0 Å². The summed E-state index contributed by atoms with van der Waals surface area (Å²) in [6.07, 6.45) is 4.01. The predicted molar refractivity (Wildman–Crippen MR) is 67.3 cm³/mol. The van der Waals surface area contributed by atoms with Crippen molar-refractivity contribution in [3.63, 3.8) is 0 Å². The highest BCUT2D eigenvalue weighted by Gasteiger charge is 2.08. The number of aromatic nitrogens is 1. The molecule has 0 atom stereocenters. The van der Waals surface area contributed by atoms with Crippen molar-refractivity contribution < 1.29 is 0 Å². The average molecular weight is 224 g/mol. The van der Waals surface area contributed by atoms with Gasteiger partial charge >= 0.3 is 0 Å². The van der Waals surface area contributed by atoms with Crippen molar-refractivity contribution in [1.82, 2.24) is 10.3 Å². The van der Waals surface area contributed by atoms with E-state index in [9.17, 15) is 0 Å². The maximum absolute atomic E-state index is 4.42. The third-order valence-corrected chi connectivity index (χ3v) is 2.92. The van der Waals surface area contributed by atoms with Crippen molar-refractivity contribution in [2.45, 2.75) is 44.8 Å². The maximum Gasteiger partial charge on any atom is 0.0986 e. The molecule has 0 saturated carbocycles. The molecule has 0 aliphatic heterocycles. The van der Waals surface area contributed by atoms with Gasteiger partial charge in [0.05, 0.1) is 5.03 Å². The zero-order valence-electron chi connectivity index (χ0n) is 10.2. The van der Waals surface area contributed by atoms with Gasteiger partial charge in [-0.2, -0.15) is 0 Å². The second kappa shape index (κ2) is 4.99. The lowest BCUT2D eigenvalue weighted by Gasteiger charge is -2.20. The number of nitrogens with zero attached hydrogens (tertiary/aromatic N) is 1. The minimum absolute atomic E-state index is 0.159. The van der Waals surface area contributed by atoms with Crippen LogP contribution in [-0.4, -0.2) is 16.8 Å². The van der Waals surface area contributed by atoms with Gasteiger partial charge in [0, 0.05) is 18.3 Å². The van der Waals surface area contributed by atoms with E-state index in [-0.39, 0.29) is 5.54 Å². The Hall–Kier alpha value is -0.540. The SMILES string of the molecule is CSc1ncc(CNC(C)(C)C)cc1C. The Balaban J connectivity index is 2.68. The Labute approximate surface area is 96.9 Å². The Morgan fingerprint density at radius 3 is 2.53 bits per heavy atom. The largest absolute Gasteiger partial charge is 0.308 e. The van der Waals surface area contributed by atoms with E-state index in [4.69, 9.17) is 0 Å². The number of thioether (sulfide) groups is 1. The fourth-order valence-electron chi connectivity index (χ4n) is 1.30. The van der Waals surface area contributed by atoms with Crippen LogP contribution in [0.2, 0.25) is 0 Å². The van der Waals surface area contributed by atoms with Gasteiger partial charge in [0.1, 0.15) is 0 Å². The highest BCUT2D eigenvalue weighted by Crippen LogP contribution is 2.17. The minimum atomic E-state index is 0.159. The van der Waals surface area contributed by atoms with Gasteiger partial charge in [-0.15, -0.1) is 11.8 Å². The molecule has 1 aromatic rings. The summed E-state index contributed by atoms with van der Waals surface area (Å²) in [5.74, 6) is 0. The third-order valence-electron chi connectivity index (χ3n) is 2.10. The third kappa shape index (κ3) is 4.22. The molecule has 0 amide bonds. The molecule has 1 heterocycles. The van der Waals surface area contributed by atoms with Gasteiger partial charge in [-0.05, 0) is 45.1 Å². The van der Waals surface area contributed by atoms with Gasteiger partial charge in [-0.25, -0.2) is 4.98 Å². The van der Waals surface area contributed by atoms with Crippen LogP contribution in [0.25, 0.3) is 0 Å². The molecule has 0 unspecified atom stereocenters. The van der Waals surface area contributed by atoms with Crippen LogP contribution in [0, 0.1) is 6.92 Å². The monoisotopic (exact) mass is 224 g/mol. The molecular formula is C12H20N2S. The second-order valence-electron chi connectivity index (χ2n) is 4.77. The minimum Gasteiger partial charge on any atom is -0.308 e. The highest BCUT2D eigenvalue weighted by molar-refractivity contribution is 7.98. The van der Waals surface area contributed by atoms with E-state index in [1.807, 2.05) is 6.20 Å². The molecule has 0 fully saturated rings. The number of nitrogens with one attached hydrogen (secondary N) is 1. The number of pyridine rings is 1. The van der Waals surface area contributed by atoms with Crippen LogP contribution >= 0.6 is 11.8 Å². The lowest BCUT2D eigenvalue weighted by molar-refractivity contribution is 0.424. The van der Waals surface area contributed by atoms with Crippen LogP contribution in [0.4, 0.5) is 0 Å². The summed E-state index contributed by atoms with van der Waals surface area (Å²) in [5, 5.41) is 4.58. The molecule has 84 valence electrons. The first-order chi connectivity index (χ1) is 6.92. The molecular weight excluding hydrogens is 204 g/mol. The number of hydrogen-bond donors (Lipinski definition) is 1. The van der Waals surface area contributed by atoms with Crippen molar-refractivity contribution in [3.05, 3.63) is 23.4 Å². The van der Waals surface area contributed by atoms with Crippen LogP contribution in [0.1, 0.15) is 31.9 Å². The van der Waals surface area contributed by atoms with Crippen molar-refractivity contribution in [2.24, 2.45) is 0 Å². The van der Waals surface area contributed by atoms with Gasteiger partial charge in [0.15, 0.2) is 0 Å². The van der Waals surface area contributed by atoms with Crippen LogP contribution in [0.3, 0.4) is 0 Å². The van der Waals surface area contributed by atoms with Gasteiger partial charge < -0.3 is 5.32 Å². The standard InChI is InChI=1S/C12H20N2S/c1-9-6-10(7-13-11(9)15-5)8-14-12(2,3)4/h6-7,14H,8H2,1-5H3. The summed E-state index contributed by atoms with van der Waals surface area (Å²) in [6.45, 7) is 9.50. The van der Waals surface area contributed by atoms with E-state index in [1.165, 1.54) is 11.1 Å². The van der Waals surface area contributed by atoms with E-state index < -0.39 is 0 Å². The van der Waals surface area contributed by atoms with E-state index in [2.05, 4.69) is 50.3 Å². The smallest absolute Gasteiger partial charge is 0.0986 e. The summed E-state index contributed by atoms with van der Waals surface area (Å²) in [4.78, 5) is 4.42. The fraction of sp³-hybridized carbons (Fsp3) is 0.583. The molecule has 1 aromatic heterocycles. The van der Waals surface area contributed by atoms with Gasteiger partial charge in [-0.3, -0.25) is 0 Å². The summed E-state index contributed by atoms with van der Waals surface area (Å²) in [7, 11) is 0. The summed E-state index contributed by atoms with van der Waals surface area (Å²) < 4.78 is 0. The van der Waals surface area contributed by atoms with Crippen molar-refractivity contribution in [2.75, 3.05) is 6.26 Å². The Bertz CT molecular complexity index is 329. The maximum atomic E-state index is 4.42. The summed E-state index contributed by atoms with van der Waals surface area (Å²) in [6, 6.07) is 2.21. The molecule has 3 heteroatoms. The normalized spacial score (nSPS) is 11.8. The second-order valence-corrected chi connectivity index (χ2v) is 5.57. The molecule has 0 aliphatic carbocycles. The van der Waals surface area contributed by atoms with Crippen molar-refractivity contribution in [1.29, 1.82) is 0 Å². The first-order valence-corrected chi connectivity index (χ1v) is 6.39. The number of hydrogen-bond acceptors (Lipinski definition) is 3. The summed E-state index contributed by atoms with van der Waals surface area (Å²) in [5.41, 5.74) is 2.67. The molecule has 0 saturated heterocycles. The Morgan fingerprint density at radius 1 is 1.40 bits per heavy atom. The molecule has 2 nitrogen and oxygen atoms in total. The van der Waals surface area contributed by atoms with Crippen LogP contribution < -0.4 is 5.32 Å². The number of rotatable bonds is 3. The first kappa shape index (κ1) is 12.5. The zero-order chi connectivity index (χ0) is 11.5. The first-order valence-electron chi connectivity index (χ1n) is 5.17. The van der Waals surface area contributed by atoms with Gasteiger partial charge in [-0.1, -0.05) is 6.07 Å². The van der Waals surface area contributed by atoms with Crippen molar-refractivity contribution in [3.8, 4) is 0 Å². The lowest BCUT2D eigenvalue weighted by Crippen LogP contribution is -2.35. The van der Waals surface area contributed by atoms with Crippen LogP contribution in [0.15, 0.2) is 17.3 Å². The molecule has 1 rings (SSSR count). The molecule has 0 aliphatic rings. The topological polar surface area (TPSA) is 24.9 Å². The molecule has 0 bridgehead atoms. The van der Waals surface area contributed by atoms with Crippen LogP contribution in [0.5, 0.6) is 0 Å². The Morgan fingerprint density at radius 2 is 2.07 bits per heavy atom. The van der Waals surface area contributed by atoms with E-state index in [0.29, 0.717) is 0 Å². The van der Waals surface area contributed by atoms with Gasteiger partial charge in [0.25, 0.3) is 0 Å². The van der Waals surface area contributed by atoms with Crippen LogP contribution in [-0.2, 0) is 6.54 Å². The molecule has 0 aromatic carbocycles. The number of aryl methyl sites for hydroxylation is 1. The summed E-state index contributed by atoms with van der Waals surface area (Å²) >= 11 is 1.70. The van der Waals surface area contributed by atoms with E-state index in [1.54, 1.807) is 11.8 Å². The average Bonchev–Trinajstić information content (AvgIpc) is 2.14. The quantitative estimate of drug-likeness (QED) is 0.799. The highest BCUT2D eigenvalue weighted by atomic mass is 32.2. The Kier molecular flexibility index (Phi) is 4.17.